The molecule has 0 bridgehead atoms. The van der Waals surface area contributed by atoms with Crippen LogP contribution in [0.25, 0.3) is 0 Å². The Balaban J connectivity index is 2.12. The number of hydrogen-bond donors (Lipinski definition) is 2. The van der Waals surface area contributed by atoms with Crippen LogP contribution in [0.1, 0.15) is 18.5 Å². The Hall–Kier alpha value is -3.03. The summed E-state index contributed by atoms with van der Waals surface area (Å²) in [5.41, 5.74) is 0.846. The first-order valence-corrected chi connectivity index (χ1v) is 7.72. The highest BCUT2D eigenvalue weighted by atomic mass is 19.2. The van der Waals surface area contributed by atoms with Crippen LogP contribution >= 0.6 is 0 Å². The Morgan fingerprint density at radius 3 is 2.08 bits per heavy atom. The van der Waals surface area contributed by atoms with Crippen molar-refractivity contribution in [3.63, 3.8) is 0 Å². The molecular formula is C18H20F2N2O4. The first kappa shape index (κ1) is 19.3. The number of carbonyl (C=O) groups is 1. The minimum absolute atomic E-state index is 0.385. The first-order chi connectivity index (χ1) is 12.4. The van der Waals surface area contributed by atoms with Crippen LogP contribution < -0.4 is 24.8 Å². The van der Waals surface area contributed by atoms with Crippen LogP contribution in [0.4, 0.5) is 19.3 Å². The highest BCUT2D eigenvalue weighted by molar-refractivity contribution is 5.90. The quantitative estimate of drug-likeness (QED) is 0.814. The van der Waals surface area contributed by atoms with Gasteiger partial charge in [-0.25, -0.2) is 13.6 Å². The van der Waals surface area contributed by atoms with Crippen LogP contribution in [0.2, 0.25) is 0 Å². The Bertz CT molecular complexity index is 774. The smallest absolute Gasteiger partial charge is 0.319 e. The van der Waals surface area contributed by atoms with E-state index in [1.165, 1.54) is 27.4 Å². The van der Waals surface area contributed by atoms with Crippen LogP contribution in [-0.2, 0) is 0 Å². The van der Waals surface area contributed by atoms with E-state index in [4.69, 9.17) is 14.2 Å². The fraction of sp³-hybridized carbons (Fsp3) is 0.278. The van der Waals surface area contributed by atoms with Gasteiger partial charge in [-0.05, 0) is 24.6 Å². The normalized spacial score (nSPS) is 11.5. The second kappa shape index (κ2) is 8.37. The third kappa shape index (κ3) is 4.33. The number of rotatable bonds is 6. The van der Waals surface area contributed by atoms with Crippen molar-refractivity contribution in [2.24, 2.45) is 0 Å². The largest absolute Gasteiger partial charge is 0.493 e. The number of hydrogen-bond acceptors (Lipinski definition) is 4. The van der Waals surface area contributed by atoms with Gasteiger partial charge in [0.2, 0.25) is 5.75 Å². The maximum Gasteiger partial charge on any atom is 0.319 e. The van der Waals surface area contributed by atoms with Crippen molar-refractivity contribution >= 4 is 11.7 Å². The summed E-state index contributed by atoms with van der Waals surface area (Å²) in [5, 5.41) is 5.28. The fourth-order valence-corrected chi connectivity index (χ4v) is 2.38. The lowest BCUT2D eigenvalue weighted by atomic mass is 10.1. The molecule has 2 N–H and O–H groups in total. The molecule has 2 aromatic carbocycles. The van der Waals surface area contributed by atoms with Crippen molar-refractivity contribution < 1.29 is 27.8 Å². The van der Waals surface area contributed by atoms with E-state index < -0.39 is 23.7 Å². The maximum atomic E-state index is 13.3. The molecule has 0 aliphatic carbocycles. The number of halogens is 2. The molecule has 1 atom stereocenters. The average Bonchev–Trinajstić information content (AvgIpc) is 2.62. The third-order valence-corrected chi connectivity index (χ3v) is 3.71. The molecule has 0 unspecified atom stereocenters. The van der Waals surface area contributed by atoms with Gasteiger partial charge in [0.15, 0.2) is 23.1 Å². The summed E-state index contributed by atoms with van der Waals surface area (Å²) < 4.78 is 42.0. The van der Waals surface area contributed by atoms with Crippen LogP contribution in [-0.4, -0.2) is 27.4 Å². The lowest BCUT2D eigenvalue weighted by molar-refractivity contribution is 0.249. The van der Waals surface area contributed by atoms with E-state index in [-0.39, 0.29) is 0 Å². The molecule has 0 aliphatic rings. The van der Waals surface area contributed by atoms with Crippen molar-refractivity contribution in [1.82, 2.24) is 5.32 Å². The minimum Gasteiger partial charge on any atom is -0.493 e. The van der Waals surface area contributed by atoms with Crippen molar-refractivity contribution in [3.05, 3.63) is 47.5 Å². The molecule has 0 heterocycles. The lowest BCUT2D eigenvalue weighted by Gasteiger charge is -2.17. The first-order valence-electron chi connectivity index (χ1n) is 7.72. The number of urea groups is 1. The number of nitrogens with one attached hydrogen (secondary N) is 2. The van der Waals surface area contributed by atoms with E-state index in [9.17, 15) is 13.6 Å². The van der Waals surface area contributed by atoms with E-state index in [2.05, 4.69) is 10.6 Å². The molecule has 2 amide bonds. The Kier molecular flexibility index (Phi) is 6.21. The molecule has 2 rings (SSSR count). The number of methoxy groups -OCH3 is 3. The number of benzene rings is 2. The maximum absolute atomic E-state index is 13.3. The van der Waals surface area contributed by atoms with Gasteiger partial charge in [-0.1, -0.05) is 6.07 Å². The zero-order chi connectivity index (χ0) is 19.3. The standard InChI is InChI=1S/C18H20F2N2O4/c1-10(11-5-6-13(19)14(20)7-11)21-18(23)22-12-8-15(24-2)17(26-4)16(9-12)25-3/h5-10H,1-4H3,(H2,21,22,23)/t10-/m1/s1. The minimum atomic E-state index is -0.971. The number of amides is 2. The molecule has 26 heavy (non-hydrogen) atoms. The summed E-state index contributed by atoms with van der Waals surface area (Å²) in [5.74, 6) is -0.744. The summed E-state index contributed by atoms with van der Waals surface area (Å²) in [6.45, 7) is 1.65. The van der Waals surface area contributed by atoms with Crippen molar-refractivity contribution in [1.29, 1.82) is 0 Å². The highest BCUT2D eigenvalue weighted by Gasteiger charge is 2.16. The van der Waals surface area contributed by atoms with Crippen LogP contribution in [0.3, 0.4) is 0 Å². The van der Waals surface area contributed by atoms with Gasteiger partial charge in [0.05, 0.1) is 33.1 Å². The molecule has 0 fully saturated rings. The molecule has 0 aliphatic heterocycles. The Morgan fingerprint density at radius 1 is 0.962 bits per heavy atom. The SMILES string of the molecule is COc1cc(NC(=O)N[C@H](C)c2ccc(F)c(F)c2)cc(OC)c1OC. The van der Waals surface area contributed by atoms with Gasteiger partial charge in [0.1, 0.15) is 0 Å². The van der Waals surface area contributed by atoms with Gasteiger partial charge in [0.25, 0.3) is 0 Å². The molecule has 0 saturated carbocycles. The zero-order valence-corrected chi connectivity index (χ0v) is 14.9. The van der Waals surface area contributed by atoms with E-state index in [1.807, 2.05) is 0 Å². The van der Waals surface area contributed by atoms with Gasteiger partial charge >= 0.3 is 6.03 Å². The van der Waals surface area contributed by atoms with Crippen molar-refractivity contribution in [2.75, 3.05) is 26.6 Å². The summed E-state index contributed by atoms with van der Waals surface area (Å²) in [7, 11) is 4.41. The molecule has 0 aromatic heterocycles. The molecular weight excluding hydrogens is 346 g/mol. The van der Waals surface area contributed by atoms with E-state index >= 15 is 0 Å². The van der Waals surface area contributed by atoms with E-state index in [0.717, 1.165) is 12.1 Å². The van der Waals surface area contributed by atoms with Crippen molar-refractivity contribution in [2.45, 2.75) is 13.0 Å². The summed E-state index contributed by atoms with van der Waals surface area (Å²) in [4.78, 5) is 12.2. The highest BCUT2D eigenvalue weighted by Crippen LogP contribution is 2.39. The summed E-state index contributed by atoms with van der Waals surface area (Å²) in [6, 6.07) is 5.54. The van der Waals surface area contributed by atoms with Gasteiger partial charge in [-0.2, -0.15) is 0 Å². The predicted molar refractivity (Wildman–Crippen MR) is 93.0 cm³/mol. The molecule has 2 aromatic rings. The van der Waals surface area contributed by atoms with E-state index in [1.54, 1.807) is 19.1 Å². The average molecular weight is 366 g/mol. The van der Waals surface area contributed by atoms with Crippen LogP contribution in [0.15, 0.2) is 30.3 Å². The van der Waals surface area contributed by atoms with Gasteiger partial charge < -0.3 is 24.8 Å². The third-order valence-electron chi connectivity index (χ3n) is 3.71. The number of carbonyl (C=O) groups excluding carboxylic acids is 1. The molecule has 8 heteroatoms. The molecule has 140 valence electrons. The van der Waals surface area contributed by atoms with Gasteiger partial charge in [-0.3, -0.25) is 0 Å². The van der Waals surface area contributed by atoms with Gasteiger partial charge in [0, 0.05) is 12.1 Å². The predicted octanol–water partition coefficient (Wildman–Crippen LogP) is 3.87. The van der Waals surface area contributed by atoms with Crippen molar-refractivity contribution in [3.8, 4) is 17.2 Å². The summed E-state index contributed by atoms with van der Waals surface area (Å²) in [6.07, 6.45) is 0. The molecule has 0 spiro atoms. The van der Waals surface area contributed by atoms with Crippen LogP contribution in [0.5, 0.6) is 17.2 Å². The number of anilines is 1. The molecule has 6 nitrogen and oxygen atoms in total. The topological polar surface area (TPSA) is 68.8 Å². The second-order valence-corrected chi connectivity index (χ2v) is 5.41. The van der Waals surface area contributed by atoms with E-state index in [0.29, 0.717) is 28.5 Å². The molecule has 0 saturated heterocycles. The second-order valence-electron chi connectivity index (χ2n) is 5.41. The molecule has 0 radical (unpaired) electrons. The van der Waals surface area contributed by atoms with Gasteiger partial charge in [-0.15, -0.1) is 0 Å². The lowest BCUT2D eigenvalue weighted by Crippen LogP contribution is -2.31. The Labute approximate surface area is 150 Å². The number of ether oxygens (including phenoxy) is 3. The monoisotopic (exact) mass is 366 g/mol. The Morgan fingerprint density at radius 2 is 1.58 bits per heavy atom. The van der Waals surface area contributed by atoms with Crippen LogP contribution in [0, 0.1) is 11.6 Å². The fourth-order valence-electron chi connectivity index (χ4n) is 2.38. The summed E-state index contributed by atoms with van der Waals surface area (Å²) >= 11 is 0. The zero-order valence-electron chi connectivity index (χ0n) is 14.9.